The van der Waals surface area contributed by atoms with E-state index >= 15 is 0 Å². The summed E-state index contributed by atoms with van der Waals surface area (Å²) in [7, 11) is 1.64. The minimum Gasteiger partial charge on any atom is -0.394 e. The van der Waals surface area contributed by atoms with Crippen molar-refractivity contribution in [3.05, 3.63) is 40.8 Å². The normalized spacial score (nSPS) is 12.5. The molecule has 1 aromatic carbocycles. The first-order chi connectivity index (χ1) is 11.1. The van der Waals surface area contributed by atoms with Crippen LogP contribution >= 0.6 is 0 Å². The van der Waals surface area contributed by atoms with Crippen molar-refractivity contribution in [2.45, 2.75) is 19.4 Å². The first-order valence-electron chi connectivity index (χ1n) is 7.53. The smallest absolute Gasteiger partial charge is 0.351 e. The maximum absolute atomic E-state index is 12.1. The van der Waals surface area contributed by atoms with Gasteiger partial charge in [-0.1, -0.05) is 37.3 Å². The fraction of sp³-hybridized carbons (Fsp3) is 0.312. The average molecular weight is 313 g/mol. The zero-order valence-corrected chi connectivity index (χ0v) is 13.1. The van der Waals surface area contributed by atoms with Gasteiger partial charge >= 0.3 is 5.69 Å². The van der Waals surface area contributed by atoms with E-state index in [2.05, 4.69) is 20.3 Å². The number of H-pyrrole nitrogens is 1. The molecule has 3 N–H and O–H groups in total. The van der Waals surface area contributed by atoms with Crippen molar-refractivity contribution in [3.8, 4) is 11.4 Å². The van der Waals surface area contributed by atoms with Gasteiger partial charge in [-0.2, -0.15) is 4.98 Å². The van der Waals surface area contributed by atoms with Gasteiger partial charge in [-0.25, -0.2) is 9.78 Å². The molecule has 0 aliphatic carbocycles. The molecule has 7 nitrogen and oxygen atoms in total. The minimum atomic E-state index is -0.390. The Morgan fingerprint density at radius 2 is 2.04 bits per heavy atom. The molecule has 0 amide bonds. The summed E-state index contributed by atoms with van der Waals surface area (Å²) in [4.78, 5) is 23.9. The van der Waals surface area contributed by atoms with Gasteiger partial charge in [-0.3, -0.25) is 4.57 Å². The van der Waals surface area contributed by atoms with Gasteiger partial charge in [-0.05, 0) is 6.42 Å². The molecule has 3 rings (SSSR count). The topological polar surface area (TPSA) is 95.8 Å². The summed E-state index contributed by atoms with van der Waals surface area (Å²) in [6.45, 7) is 1.92. The fourth-order valence-corrected chi connectivity index (χ4v) is 2.40. The highest BCUT2D eigenvalue weighted by Gasteiger charge is 2.16. The summed E-state index contributed by atoms with van der Waals surface area (Å²) < 4.78 is 1.41. The second-order valence-electron chi connectivity index (χ2n) is 5.38. The van der Waals surface area contributed by atoms with E-state index in [0.717, 1.165) is 5.56 Å². The lowest BCUT2D eigenvalue weighted by Gasteiger charge is -2.15. The quantitative estimate of drug-likeness (QED) is 0.663. The number of anilines is 1. The Bertz CT molecular complexity index is 865. The number of hydrogen-bond acceptors (Lipinski definition) is 5. The number of aliphatic hydroxyl groups is 1. The number of fused-ring (bicyclic) bond motifs is 1. The molecule has 0 spiro atoms. The predicted octanol–water partition coefficient (Wildman–Crippen LogP) is 1.51. The van der Waals surface area contributed by atoms with Crippen molar-refractivity contribution in [3.63, 3.8) is 0 Å². The van der Waals surface area contributed by atoms with Crippen LogP contribution in [0.25, 0.3) is 22.6 Å². The standard InChI is InChI=1S/C16H19N5O2/c1-3-11(9-22)17-14-12-15(21(2)16(23)20-14)19-13(18-12)10-7-5-4-6-8-10/h4-8,11,22H,3,9H2,1-2H3,(H,18,19)(H,17,20,23). The monoisotopic (exact) mass is 313 g/mol. The lowest BCUT2D eigenvalue weighted by Crippen LogP contribution is -2.27. The van der Waals surface area contributed by atoms with Crippen LogP contribution in [0.3, 0.4) is 0 Å². The number of aliphatic hydroxyl groups excluding tert-OH is 1. The summed E-state index contributed by atoms with van der Waals surface area (Å²) in [6, 6.07) is 9.51. The van der Waals surface area contributed by atoms with Crippen LogP contribution in [0.15, 0.2) is 35.1 Å². The molecular formula is C16H19N5O2. The zero-order valence-electron chi connectivity index (χ0n) is 13.1. The van der Waals surface area contributed by atoms with Crippen LogP contribution in [-0.2, 0) is 7.05 Å². The van der Waals surface area contributed by atoms with Gasteiger partial charge in [0, 0.05) is 12.6 Å². The van der Waals surface area contributed by atoms with Crippen LogP contribution in [-0.4, -0.2) is 37.3 Å². The van der Waals surface area contributed by atoms with Crippen molar-refractivity contribution in [1.82, 2.24) is 19.5 Å². The number of nitrogens with one attached hydrogen (secondary N) is 2. The molecule has 1 unspecified atom stereocenters. The Labute approximate surface area is 133 Å². The van der Waals surface area contributed by atoms with Gasteiger partial charge in [0.25, 0.3) is 0 Å². The van der Waals surface area contributed by atoms with E-state index in [1.807, 2.05) is 37.3 Å². The molecule has 0 saturated heterocycles. The third kappa shape index (κ3) is 2.83. The molecule has 2 heterocycles. The van der Waals surface area contributed by atoms with Gasteiger partial charge < -0.3 is 15.4 Å². The molecule has 0 saturated carbocycles. The summed E-state index contributed by atoms with van der Waals surface area (Å²) in [5.41, 5.74) is 1.72. The summed E-state index contributed by atoms with van der Waals surface area (Å²) in [5, 5.41) is 12.5. The maximum atomic E-state index is 12.1. The Kier molecular flexibility index (Phi) is 4.12. The third-order valence-corrected chi connectivity index (χ3v) is 3.83. The summed E-state index contributed by atoms with van der Waals surface area (Å²) >= 11 is 0. The Morgan fingerprint density at radius 3 is 2.70 bits per heavy atom. The molecule has 0 fully saturated rings. The Balaban J connectivity index is 2.16. The van der Waals surface area contributed by atoms with E-state index in [1.165, 1.54) is 4.57 Å². The molecule has 1 atom stereocenters. The molecule has 0 bridgehead atoms. The number of rotatable bonds is 5. The first-order valence-corrected chi connectivity index (χ1v) is 7.53. The minimum absolute atomic E-state index is 0.0332. The highest BCUT2D eigenvalue weighted by molar-refractivity contribution is 5.86. The van der Waals surface area contributed by atoms with Gasteiger partial charge in [0.05, 0.1) is 12.6 Å². The van der Waals surface area contributed by atoms with Crippen molar-refractivity contribution < 1.29 is 5.11 Å². The van der Waals surface area contributed by atoms with E-state index in [4.69, 9.17) is 0 Å². The average Bonchev–Trinajstić information content (AvgIpc) is 3.03. The number of imidazole rings is 1. The number of benzene rings is 1. The Morgan fingerprint density at radius 1 is 1.30 bits per heavy atom. The fourth-order valence-electron chi connectivity index (χ4n) is 2.40. The van der Waals surface area contributed by atoms with Crippen LogP contribution in [0.1, 0.15) is 13.3 Å². The van der Waals surface area contributed by atoms with Gasteiger partial charge in [0.15, 0.2) is 11.5 Å². The molecule has 0 aliphatic rings. The number of aromatic amines is 1. The van der Waals surface area contributed by atoms with Gasteiger partial charge in [0.1, 0.15) is 11.3 Å². The SMILES string of the molecule is CCC(CO)Nc1nc(=O)n(C)c2nc(-c3ccccc3)[nH]c12. The van der Waals surface area contributed by atoms with E-state index in [-0.39, 0.29) is 18.3 Å². The van der Waals surface area contributed by atoms with Crippen molar-refractivity contribution in [2.75, 3.05) is 11.9 Å². The number of hydrogen-bond donors (Lipinski definition) is 3. The summed E-state index contributed by atoms with van der Waals surface area (Å²) in [5.74, 6) is 1.09. The van der Waals surface area contributed by atoms with Crippen molar-refractivity contribution in [1.29, 1.82) is 0 Å². The highest BCUT2D eigenvalue weighted by atomic mass is 16.3. The van der Waals surface area contributed by atoms with Crippen LogP contribution in [0.4, 0.5) is 5.82 Å². The maximum Gasteiger partial charge on any atom is 0.351 e. The number of aromatic nitrogens is 4. The molecular weight excluding hydrogens is 294 g/mol. The van der Waals surface area contributed by atoms with E-state index in [9.17, 15) is 9.90 Å². The Hall–Kier alpha value is -2.67. The van der Waals surface area contributed by atoms with E-state index in [0.29, 0.717) is 29.2 Å². The van der Waals surface area contributed by atoms with E-state index in [1.54, 1.807) is 7.05 Å². The summed E-state index contributed by atoms with van der Waals surface area (Å²) in [6.07, 6.45) is 0.717. The molecule has 0 radical (unpaired) electrons. The van der Waals surface area contributed by atoms with Crippen molar-refractivity contribution >= 4 is 17.0 Å². The highest BCUT2D eigenvalue weighted by Crippen LogP contribution is 2.23. The van der Waals surface area contributed by atoms with Crippen LogP contribution in [0.2, 0.25) is 0 Å². The predicted molar refractivity (Wildman–Crippen MR) is 89.4 cm³/mol. The second-order valence-corrected chi connectivity index (χ2v) is 5.38. The van der Waals surface area contributed by atoms with Crippen LogP contribution in [0, 0.1) is 0 Å². The molecule has 7 heteroatoms. The van der Waals surface area contributed by atoms with Gasteiger partial charge in [0.2, 0.25) is 0 Å². The molecule has 2 aromatic heterocycles. The van der Waals surface area contributed by atoms with Gasteiger partial charge in [-0.15, -0.1) is 0 Å². The molecule has 120 valence electrons. The zero-order chi connectivity index (χ0) is 16.4. The molecule has 23 heavy (non-hydrogen) atoms. The van der Waals surface area contributed by atoms with Crippen LogP contribution in [0.5, 0.6) is 0 Å². The first kappa shape index (κ1) is 15.2. The third-order valence-electron chi connectivity index (χ3n) is 3.83. The molecule has 0 aliphatic heterocycles. The second kappa shape index (κ2) is 6.21. The number of nitrogens with zero attached hydrogens (tertiary/aromatic N) is 3. The largest absolute Gasteiger partial charge is 0.394 e. The lowest BCUT2D eigenvalue weighted by molar-refractivity contribution is 0.271. The number of aryl methyl sites for hydroxylation is 1. The lowest BCUT2D eigenvalue weighted by atomic mass is 10.2. The molecule has 3 aromatic rings. The van der Waals surface area contributed by atoms with Crippen molar-refractivity contribution in [2.24, 2.45) is 7.05 Å². The van der Waals surface area contributed by atoms with E-state index < -0.39 is 0 Å². The van der Waals surface area contributed by atoms with Crippen LogP contribution < -0.4 is 11.0 Å².